The highest BCUT2D eigenvalue weighted by Crippen LogP contribution is 2.24. The summed E-state index contributed by atoms with van der Waals surface area (Å²) in [5.41, 5.74) is 2.49. The third-order valence-corrected chi connectivity index (χ3v) is 6.47. The lowest BCUT2D eigenvalue weighted by Gasteiger charge is -2.10. The van der Waals surface area contributed by atoms with Gasteiger partial charge in [-0.15, -0.1) is 23.1 Å². The van der Waals surface area contributed by atoms with Crippen molar-refractivity contribution in [2.75, 3.05) is 12.8 Å². The Labute approximate surface area is 176 Å². The number of carbonyl (C=O) groups excluding carboxylic acids is 1. The molecule has 0 spiro atoms. The van der Waals surface area contributed by atoms with Gasteiger partial charge in [-0.3, -0.25) is 14.0 Å². The number of thiophene rings is 1. The molecule has 4 rings (SSSR count). The third kappa shape index (κ3) is 3.95. The number of rotatable bonds is 7. The van der Waals surface area contributed by atoms with Gasteiger partial charge in [0.2, 0.25) is 5.91 Å². The second-order valence-electron chi connectivity index (χ2n) is 6.72. The molecular weight excluding hydrogens is 404 g/mol. The first-order valence-corrected chi connectivity index (χ1v) is 11.6. The molecule has 4 aromatic rings. The van der Waals surface area contributed by atoms with E-state index >= 15 is 0 Å². The van der Waals surface area contributed by atoms with Crippen LogP contribution in [-0.2, 0) is 24.2 Å². The molecule has 1 amide bonds. The van der Waals surface area contributed by atoms with Crippen molar-refractivity contribution in [1.29, 1.82) is 0 Å². The summed E-state index contributed by atoms with van der Waals surface area (Å²) in [6, 6.07) is 12.2. The number of nitrogens with one attached hydrogen (secondary N) is 1. The van der Waals surface area contributed by atoms with Crippen molar-refractivity contribution in [1.82, 2.24) is 19.5 Å². The standard InChI is InChI=1S/C21H22N4O2S2/c1-3-19-23-24(21(27)17-12-18-16(25(17)19)9-11-29-18)13-20(26)22-10-8-14-4-6-15(28-2)7-5-14/h4-7,9,11-12H,3,8,10,13H2,1-2H3,(H,22,26). The van der Waals surface area contributed by atoms with E-state index in [0.717, 1.165) is 22.5 Å². The monoisotopic (exact) mass is 426 g/mol. The van der Waals surface area contributed by atoms with Crippen LogP contribution in [0, 0.1) is 0 Å². The number of aromatic nitrogens is 3. The minimum atomic E-state index is -0.242. The average Bonchev–Trinajstić information content (AvgIpc) is 3.32. The molecule has 0 aliphatic heterocycles. The van der Waals surface area contributed by atoms with E-state index in [-0.39, 0.29) is 18.0 Å². The predicted molar refractivity (Wildman–Crippen MR) is 119 cm³/mol. The van der Waals surface area contributed by atoms with Gasteiger partial charge in [0.15, 0.2) is 0 Å². The van der Waals surface area contributed by atoms with Crippen molar-refractivity contribution >= 4 is 44.7 Å². The normalized spacial score (nSPS) is 11.4. The second-order valence-corrected chi connectivity index (χ2v) is 8.54. The fraction of sp³-hybridized carbons (Fsp3) is 0.286. The van der Waals surface area contributed by atoms with Crippen LogP contribution in [0.2, 0.25) is 0 Å². The largest absolute Gasteiger partial charge is 0.354 e. The number of amides is 1. The zero-order chi connectivity index (χ0) is 20.4. The first-order valence-electron chi connectivity index (χ1n) is 9.49. The number of nitrogens with zero attached hydrogens (tertiary/aromatic N) is 3. The molecule has 0 unspecified atom stereocenters. The maximum atomic E-state index is 12.9. The van der Waals surface area contributed by atoms with Crippen LogP contribution in [0.1, 0.15) is 18.3 Å². The quantitative estimate of drug-likeness (QED) is 0.460. The summed E-state index contributed by atoms with van der Waals surface area (Å²) in [5.74, 6) is 0.565. The Morgan fingerprint density at radius 1 is 1.21 bits per heavy atom. The molecule has 0 aliphatic rings. The van der Waals surface area contributed by atoms with Crippen LogP contribution in [0.15, 0.2) is 51.5 Å². The molecule has 0 aliphatic carbocycles. The molecule has 1 N–H and O–H groups in total. The molecular formula is C21H22N4O2S2. The molecule has 3 heterocycles. The van der Waals surface area contributed by atoms with Crippen LogP contribution in [0.5, 0.6) is 0 Å². The Morgan fingerprint density at radius 2 is 2.00 bits per heavy atom. The van der Waals surface area contributed by atoms with Gasteiger partial charge in [0, 0.05) is 17.9 Å². The maximum Gasteiger partial charge on any atom is 0.291 e. The number of carbonyl (C=O) groups is 1. The Balaban J connectivity index is 1.47. The van der Waals surface area contributed by atoms with E-state index in [1.165, 1.54) is 15.1 Å². The van der Waals surface area contributed by atoms with Crippen LogP contribution < -0.4 is 10.9 Å². The summed E-state index contributed by atoms with van der Waals surface area (Å²) in [6.45, 7) is 2.44. The van der Waals surface area contributed by atoms with E-state index in [1.54, 1.807) is 23.1 Å². The van der Waals surface area contributed by atoms with Crippen LogP contribution in [0.3, 0.4) is 0 Å². The summed E-state index contributed by atoms with van der Waals surface area (Å²) >= 11 is 3.30. The molecule has 0 atom stereocenters. The lowest BCUT2D eigenvalue weighted by molar-refractivity contribution is -0.121. The minimum absolute atomic E-state index is 0.0768. The Hall–Kier alpha value is -2.58. The van der Waals surface area contributed by atoms with Crippen LogP contribution >= 0.6 is 23.1 Å². The lowest BCUT2D eigenvalue weighted by Crippen LogP contribution is -2.36. The predicted octanol–water partition coefficient (Wildman–Crippen LogP) is 3.35. The molecule has 0 bridgehead atoms. The SMILES string of the molecule is CCc1nn(CC(=O)NCCc2ccc(SC)cc2)c(=O)c2cc3sccc3n12. The lowest BCUT2D eigenvalue weighted by atomic mass is 10.1. The summed E-state index contributed by atoms with van der Waals surface area (Å²) in [6.07, 6.45) is 3.46. The zero-order valence-electron chi connectivity index (χ0n) is 16.3. The molecule has 3 aromatic heterocycles. The van der Waals surface area contributed by atoms with Gasteiger partial charge in [-0.1, -0.05) is 19.1 Å². The Bertz CT molecular complexity index is 1220. The Kier molecular flexibility index (Phi) is 5.73. The van der Waals surface area contributed by atoms with Gasteiger partial charge in [0.05, 0.1) is 10.2 Å². The van der Waals surface area contributed by atoms with E-state index in [4.69, 9.17) is 0 Å². The van der Waals surface area contributed by atoms with Gasteiger partial charge in [0.1, 0.15) is 17.9 Å². The highest BCUT2D eigenvalue weighted by Gasteiger charge is 2.15. The molecule has 0 saturated carbocycles. The highest BCUT2D eigenvalue weighted by atomic mass is 32.2. The zero-order valence-corrected chi connectivity index (χ0v) is 18.0. The first-order chi connectivity index (χ1) is 14.1. The molecule has 0 radical (unpaired) electrons. The number of benzene rings is 1. The smallest absolute Gasteiger partial charge is 0.291 e. The van der Waals surface area contributed by atoms with Crippen molar-refractivity contribution in [3.05, 3.63) is 63.5 Å². The highest BCUT2D eigenvalue weighted by molar-refractivity contribution is 7.98. The molecule has 1 aromatic carbocycles. The van der Waals surface area contributed by atoms with Crippen LogP contribution in [-0.4, -0.2) is 32.9 Å². The van der Waals surface area contributed by atoms with Crippen molar-refractivity contribution in [2.24, 2.45) is 0 Å². The van der Waals surface area contributed by atoms with Gasteiger partial charge in [-0.05, 0) is 47.9 Å². The number of thioether (sulfide) groups is 1. The van der Waals surface area contributed by atoms with Crippen molar-refractivity contribution in [3.8, 4) is 0 Å². The van der Waals surface area contributed by atoms with E-state index in [9.17, 15) is 9.59 Å². The summed E-state index contributed by atoms with van der Waals surface area (Å²) < 4.78 is 4.23. The van der Waals surface area contributed by atoms with E-state index in [2.05, 4.69) is 34.7 Å². The Morgan fingerprint density at radius 3 is 2.72 bits per heavy atom. The van der Waals surface area contributed by atoms with E-state index in [1.807, 2.05) is 35.1 Å². The van der Waals surface area contributed by atoms with Gasteiger partial charge < -0.3 is 5.32 Å². The van der Waals surface area contributed by atoms with Gasteiger partial charge in [-0.25, -0.2) is 4.68 Å². The fourth-order valence-electron chi connectivity index (χ4n) is 3.39. The first kappa shape index (κ1) is 19.7. The minimum Gasteiger partial charge on any atom is -0.354 e. The summed E-state index contributed by atoms with van der Waals surface area (Å²) in [4.78, 5) is 26.5. The van der Waals surface area contributed by atoms with E-state index < -0.39 is 0 Å². The average molecular weight is 427 g/mol. The number of hydrogen-bond acceptors (Lipinski definition) is 5. The molecule has 0 saturated heterocycles. The van der Waals surface area contributed by atoms with Crippen molar-refractivity contribution < 1.29 is 4.79 Å². The van der Waals surface area contributed by atoms with E-state index in [0.29, 0.717) is 18.5 Å². The number of hydrogen-bond donors (Lipinski definition) is 1. The third-order valence-electron chi connectivity index (χ3n) is 4.88. The van der Waals surface area contributed by atoms with Crippen molar-refractivity contribution in [2.45, 2.75) is 31.2 Å². The molecule has 150 valence electrons. The maximum absolute atomic E-state index is 12.9. The van der Waals surface area contributed by atoms with Crippen LogP contribution in [0.4, 0.5) is 0 Å². The number of aryl methyl sites for hydroxylation is 1. The van der Waals surface area contributed by atoms with Crippen LogP contribution in [0.25, 0.3) is 15.7 Å². The van der Waals surface area contributed by atoms with Gasteiger partial charge in [-0.2, -0.15) is 5.10 Å². The topological polar surface area (TPSA) is 68.4 Å². The van der Waals surface area contributed by atoms with Crippen molar-refractivity contribution in [3.63, 3.8) is 0 Å². The summed E-state index contributed by atoms with van der Waals surface area (Å²) in [5, 5.41) is 9.35. The fourth-order valence-corrected chi connectivity index (χ4v) is 4.60. The molecule has 29 heavy (non-hydrogen) atoms. The molecule has 0 fully saturated rings. The summed E-state index contributed by atoms with van der Waals surface area (Å²) in [7, 11) is 0. The molecule has 6 nitrogen and oxygen atoms in total. The second kappa shape index (κ2) is 8.42. The number of fused-ring (bicyclic) bond motifs is 3. The van der Waals surface area contributed by atoms with Gasteiger partial charge in [0.25, 0.3) is 5.56 Å². The molecule has 8 heteroatoms. The van der Waals surface area contributed by atoms with Gasteiger partial charge >= 0.3 is 0 Å².